The van der Waals surface area contributed by atoms with Crippen LogP contribution in [0.5, 0.6) is 0 Å². The monoisotopic (exact) mass is 227 g/mol. The summed E-state index contributed by atoms with van der Waals surface area (Å²) < 4.78 is 4.70. The molecular weight excluding hydrogens is 206 g/mol. The van der Waals surface area contributed by atoms with Crippen LogP contribution in [0.25, 0.3) is 0 Å². The molecular formula is C12H21NO3. The van der Waals surface area contributed by atoms with Crippen molar-refractivity contribution in [1.82, 2.24) is 4.90 Å². The van der Waals surface area contributed by atoms with E-state index in [-0.39, 0.29) is 23.2 Å². The first kappa shape index (κ1) is 13.0. The van der Waals surface area contributed by atoms with Crippen molar-refractivity contribution in [2.75, 3.05) is 20.2 Å². The van der Waals surface area contributed by atoms with Crippen LogP contribution >= 0.6 is 0 Å². The molecule has 0 spiro atoms. The second-order valence-electron chi connectivity index (χ2n) is 5.00. The molecule has 0 bridgehead atoms. The predicted molar refractivity (Wildman–Crippen MR) is 60.8 cm³/mol. The molecule has 16 heavy (non-hydrogen) atoms. The van der Waals surface area contributed by atoms with Crippen LogP contribution in [0.4, 0.5) is 0 Å². The Morgan fingerprint density at radius 2 is 2.06 bits per heavy atom. The number of hydrogen-bond acceptors (Lipinski definition) is 3. The lowest BCUT2D eigenvalue weighted by Gasteiger charge is -2.28. The summed E-state index contributed by atoms with van der Waals surface area (Å²) in [5.74, 6) is -0.201. The molecule has 0 saturated carbocycles. The molecule has 0 aromatic rings. The van der Waals surface area contributed by atoms with E-state index in [1.54, 1.807) is 4.90 Å². The van der Waals surface area contributed by atoms with E-state index < -0.39 is 0 Å². The lowest BCUT2D eigenvalue weighted by molar-refractivity contribution is -0.145. The van der Waals surface area contributed by atoms with Gasteiger partial charge in [-0.15, -0.1) is 0 Å². The number of rotatable bonds is 3. The maximum Gasteiger partial charge on any atom is 0.310 e. The predicted octanol–water partition coefficient (Wildman–Crippen LogP) is 1.44. The standard InChI is InChI=1S/C12H21NO3/c1-5-12(2,3)11(15)13-7-6-9(8-13)10(14)16-4/h9H,5-8H2,1-4H3. The van der Waals surface area contributed by atoms with Crippen molar-refractivity contribution < 1.29 is 14.3 Å². The third kappa shape index (κ3) is 2.54. The third-order valence-electron chi connectivity index (χ3n) is 3.47. The van der Waals surface area contributed by atoms with E-state index in [2.05, 4.69) is 0 Å². The lowest BCUT2D eigenvalue weighted by atomic mass is 9.88. The van der Waals surface area contributed by atoms with Crippen molar-refractivity contribution in [3.05, 3.63) is 0 Å². The summed E-state index contributed by atoms with van der Waals surface area (Å²) in [6.07, 6.45) is 1.53. The number of hydrogen-bond donors (Lipinski definition) is 0. The lowest BCUT2D eigenvalue weighted by Crippen LogP contribution is -2.39. The van der Waals surface area contributed by atoms with E-state index in [0.717, 1.165) is 12.8 Å². The first-order valence-electron chi connectivity index (χ1n) is 5.79. The molecule has 0 radical (unpaired) electrons. The highest BCUT2D eigenvalue weighted by atomic mass is 16.5. The van der Waals surface area contributed by atoms with E-state index in [9.17, 15) is 9.59 Å². The van der Waals surface area contributed by atoms with Gasteiger partial charge in [0.1, 0.15) is 0 Å². The Balaban J connectivity index is 2.60. The molecule has 1 unspecified atom stereocenters. The molecule has 4 heteroatoms. The minimum absolute atomic E-state index is 0.137. The number of nitrogens with zero attached hydrogens (tertiary/aromatic N) is 1. The van der Waals surface area contributed by atoms with Crippen molar-refractivity contribution in [3.63, 3.8) is 0 Å². The van der Waals surface area contributed by atoms with Crippen molar-refractivity contribution >= 4 is 11.9 Å². The quantitative estimate of drug-likeness (QED) is 0.685. The minimum atomic E-state index is -0.328. The first-order chi connectivity index (χ1) is 7.42. The number of methoxy groups -OCH3 is 1. The van der Waals surface area contributed by atoms with Crippen LogP contribution in [0.1, 0.15) is 33.6 Å². The van der Waals surface area contributed by atoms with E-state index in [1.807, 2.05) is 20.8 Å². The Bertz CT molecular complexity index is 286. The molecule has 0 aliphatic carbocycles. The molecule has 4 nitrogen and oxygen atoms in total. The van der Waals surface area contributed by atoms with E-state index >= 15 is 0 Å². The molecule has 1 amide bonds. The van der Waals surface area contributed by atoms with Crippen LogP contribution in [0, 0.1) is 11.3 Å². The molecule has 1 aliphatic rings. The fourth-order valence-corrected chi connectivity index (χ4v) is 1.88. The zero-order chi connectivity index (χ0) is 12.3. The highest BCUT2D eigenvalue weighted by Gasteiger charge is 2.37. The molecule has 1 atom stereocenters. The van der Waals surface area contributed by atoms with Gasteiger partial charge in [-0.05, 0) is 12.8 Å². The van der Waals surface area contributed by atoms with Gasteiger partial charge < -0.3 is 9.64 Å². The summed E-state index contributed by atoms with van der Waals surface area (Å²) >= 11 is 0. The Morgan fingerprint density at radius 3 is 2.56 bits per heavy atom. The van der Waals surface area contributed by atoms with Gasteiger partial charge in [0.25, 0.3) is 0 Å². The third-order valence-corrected chi connectivity index (χ3v) is 3.47. The smallest absolute Gasteiger partial charge is 0.310 e. The van der Waals surface area contributed by atoms with Gasteiger partial charge in [0, 0.05) is 18.5 Å². The van der Waals surface area contributed by atoms with Gasteiger partial charge in [-0.25, -0.2) is 0 Å². The largest absolute Gasteiger partial charge is 0.469 e. The normalized spacial score (nSPS) is 21.0. The Morgan fingerprint density at radius 1 is 1.44 bits per heavy atom. The molecule has 1 aliphatic heterocycles. The molecule has 0 aromatic heterocycles. The second-order valence-corrected chi connectivity index (χ2v) is 5.00. The maximum absolute atomic E-state index is 12.1. The fourth-order valence-electron chi connectivity index (χ4n) is 1.88. The summed E-state index contributed by atoms with van der Waals surface area (Å²) in [6.45, 7) is 7.07. The summed E-state index contributed by atoms with van der Waals surface area (Å²) in [4.78, 5) is 25.3. The number of esters is 1. The average molecular weight is 227 g/mol. The fraction of sp³-hybridized carbons (Fsp3) is 0.833. The molecule has 1 heterocycles. The summed E-state index contributed by atoms with van der Waals surface area (Å²) in [7, 11) is 1.39. The Kier molecular flexibility index (Phi) is 3.94. The number of ether oxygens (including phenoxy) is 1. The van der Waals surface area contributed by atoms with E-state index in [0.29, 0.717) is 13.1 Å². The SMILES string of the molecule is CCC(C)(C)C(=O)N1CCC(C(=O)OC)C1. The maximum atomic E-state index is 12.1. The topological polar surface area (TPSA) is 46.6 Å². The van der Waals surface area contributed by atoms with Crippen molar-refractivity contribution in [2.45, 2.75) is 33.6 Å². The van der Waals surface area contributed by atoms with E-state index in [1.165, 1.54) is 7.11 Å². The van der Waals surface area contributed by atoms with Gasteiger partial charge in [-0.2, -0.15) is 0 Å². The van der Waals surface area contributed by atoms with Crippen molar-refractivity contribution in [3.8, 4) is 0 Å². The number of carbonyl (C=O) groups is 2. The van der Waals surface area contributed by atoms with Crippen LogP contribution < -0.4 is 0 Å². The highest BCUT2D eigenvalue weighted by Crippen LogP contribution is 2.27. The van der Waals surface area contributed by atoms with Crippen molar-refractivity contribution in [2.24, 2.45) is 11.3 Å². The summed E-state index contributed by atoms with van der Waals surface area (Å²) in [5, 5.41) is 0. The molecule has 1 rings (SSSR count). The van der Waals surface area contributed by atoms with E-state index in [4.69, 9.17) is 4.74 Å². The second kappa shape index (κ2) is 4.85. The molecule has 0 N–H and O–H groups in total. The molecule has 1 saturated heterocycles. The van der Waals surface area contributed by atoms with Crippen LogP contribution in [0.2, 0.25) is 0 Å². The van der Waals surface area contributed by atoms with Crippen LogP contribution in [-0.2, 0) is 14.3 Å². The Hall–Kier alpha value is -1.06. The highest BCUT2D eigenvalue weighted by molar-refractivity contribution is 5.83. The number of carbonyl (C=O) groups excluding carboxylic acids is 2. The van der Waals surface area contributed by atoms with Crippen LogP contribution in [0.15, 0.2) is 0 Å². The first-order valence-corrected chi connectivity index (χ1v) is 5.79. The van der Waals surface area contributed by atoms with Gasteiger partial charge in [0.2, 0.25) is 5.91 Å². The van der Waals surface area contributed by atoms with Gasteiger partial charge in [-0.1, -0.05) is 20.8 Å². The van der Waals surface area contributed by atoms with Gasteiger partial charge >= 0.3 is 5.97 Å². The summed E-state index contributed by atoms with van der Waals surface area (Å²) in [5.41, 5.74) is -0.328. The van der Waals surface area contributed by atoms with Crippen molar-refractivity contribution in [1.29, 1.82) is 0 Å². The van der Waals surface area contributed by atoms with Gasteiger partial charge in [0.05, 0.1) is 13.0 Å². The van der Waals surface area contributed by atoms with Crippen LogP contribution in [-0.4, -0.2) is 37.0 Å². The molecule has 1 fully saturated rings. The zero-order valence-corrected chi connectivity index (χ0v) is 10.6. The van der Waals surface area contributed by atoms with Gasteiger partial charge in [-0.3, -0.25) is 9.59 Å². The number of amides is 1. The number of likely N-dealkylation sites (tertiary alicyclic amines) is 1. The molecule has 92 valence electrons. The van der Waals surface area contributed by atoms with Crippen LogP contribution in [0.3, 0.4) is 0 Å². The molecule has 0 aromatic carbocycles. The Labute approximate surface area is 96.9 Å². The summed E-state index contributed by atoms with van der Waals surface area (Å²) in [6, 6.07) is 0. The average Bonchev–Trinajstić information content (AvgIpc) is 2.76. The minimum Gasteiger partial charge on any atom is -0.469 e. The van der Waals surface area contributed by atoms with Gasteiger partial charge in [0.15, 0.2) is 0 Å². The zero-order valence-electron chi connectivity index (χ0n) is 10.6.